The second-order valence-electron chi connectivity index (χ2n) is 7.36. The van der Waals surface area contributed by atoms with Crippen LogP contribution < -0.4 is 15.8 Å². The fraction of sp³-hybridized carbons (Fsp3) is 0.0833. The maximum atomic E-state index is 13.3. The topological polar surface area (TPSA) is 102 Å². The number of aryl methyl sites for hydroxylation is 2. The normalized spacial score (nSPS) is 13.9. The average molecular weight is 415 g/mol. The lowest BCUT2D eigenvalue weighted by molar-refractivity contribution is -0.112. The van der Waals surface area contributed by atoms with Crippen molar-refractivity contribution >= 4 is 28.8 Å². The minimum absolute atomic E-state index is 0.0151. The second kappa shape index (κ2) is 7.87. The lowest BCUT2D eigenvalue weighted by atomic mass is 10.1. The summed E-state index contributed by atoms with van der Waals surface area (Å²) in [5.41, 5.74) is 9.84. The highest BCUT2D eigenvalue weighted by Crippen LogP contribution is 2.41. The van der Waals surface area contributed by atoms with Crippen LogP contribution in [0.4, 0.5) is 11.4 Å². The molecule has 0 saturated carbocycles. The number of nitrogens with one attached hydrogen (secondary N) is 2. The van der Waals surface area contributed by atoms with Gasteiger partial charge in [0.1, 0.15) is 11.5 Å². The number of carbonyl (C=O) groups is 2. The first-order valence-corrected chi connectivity index (χ1v) is 9.65. The van der Waals surface area contributed by atoms with E-state index in [4.69, 9.17) is 0 Å². The van der Waals surface area contributed by atoms with Crippen LogP contribution in [0.15, 0.2) is 66.9 Å². The van der Waals surface area contributed by atoms with Crippen molar-refractivity contribution in [2.24, 2.45) is 0 Å². The molecule has 0 atom stereocenters. The van der Waals surface area contributed by atoms with Crippen LogP contribution in [-0.2, 0) is 4.79 Å². The molecule has 0 radical (unpaired) electrons. The van der Waals surface area contributed by atoms with E-state index in [-0.39, 0.29) is 23.0 Å². The molecule has 3 aromatic carbocycles. The van der Waals surface area contributed by atoms with E-state index >= 15 is 0 Å². The SMILES string of the molecule is Cc1cc(C)cc(N2C(=O)C(=CNNC(=O)c3ccc(O)cc3O)c3ccccc32)c1. The van der Waals surface area contributed by atoms with E-state index in [2.05, 4.69) is 10.9 Å². The third-order valence-corrected chi connectivity index (χ3v) is 4.96. The van der Waals surface area contributed by atoms with E-state index in [1.807, 2.05) is 56.3 Å². The van der Waals surface area contributed by atoms with E-state index in [9.17, 15) is 19.8 Å². The molecule has 31 heavy (non-hydrogen) atoms. The number of phenols is 2. The molecule has 0 fully saturated rings. The van der Waals surface area contributed by atoms with Gasteiger partial charge in [0.2, 0.25) is 0 Å². The van der Waals surface area contributed by atoms with E-state index in [0.29, 0.717) is 5.57 Å². The van der Waals surface area contributed by atoms with Gasteiger partial charge in [0.25, 0.3) is 11.8 Å². The molecule has 1 aliphatic heterocycles. The zero-order valence-corrected chi connectivity index (χ0v) is 17.0. The molecule has 0 aliphatic carbocycles. The zero-order chi connectivity index (χ0) is 22.1. The number of amides is 2. The van der Waals surface area contributed by atoms with Gasteiger partial charge in [0.05, 0.1) is 16.8 Å². The summed E-state index contributed by atoms with van der Waals surface area (Å²) >= 11 is 0. The van der Waals surface area contributed by atoms with Crippen LogP contribution in [0.5, 0.6) is 11.5 Å². The summed E-state index contributed by atoms with van der Waals surface area (Å²) in [6, 6.07) is 17.1. The van der Waals surface area contributed by atoms with Crippen LogP contribution in [0.25, 0.3) is 5.57 Å². The van der Waals surface area contributed by atoms with E-state index < -0.39 is 5.91 Å². The maximum absolute atomic E-state index is 13.3. The summed E-state index contributed by atoms with van der Waals surface area (Å²) in [5, 5.41) is 19.2. The molecule has 0 saturated heterocycles. The molecule has 7 nitrogen and oxygen atoms in total. The monoisotopic (exact) mass is 415 g/mol. The molecule has 1 aliphatic rings. The van der Waals surface area contributed by atoms with Crippen molar-refractivity contribution in [3.63, 3.8) is 0 Å². The van der Waals surface area contributed by atoms with Crippen LogP contribution in [0.2, 0.25) is 0 Å². The minimum atomic E-state index is -0.612. The number of anilines is 2. The van der Waals surface area contributed by atoms with Gasteiger partial charge >= 0.3 is 0 Å². The molecule has 0 bridgehead atoms. The van der Waals surface area contributed by atoms with Gasteiger partial charge < -0.3 is 15.6 Å². The molecule has 0 spiro atoms. The predicted molar refractivity (Wildman–Crippen MR) is 118 cm³/mol. The van der Waals surface area contributed by atoms with Crippen molar-refractivity contribution in [1.29, 1.82) is 0 Å². The Labute approximate surface area is 179 Å². The van der Waals surface area contributed by atoms with Gasteiger partial charge in [-0.1, -0.05) is 24.3 Å². The summed E-state index contributed by atoms with van der Waals surface area (Å²) in [6.07, 6.45) is 1.43. The van der Waals surface area contributed by atoms with Crippen molar-refractivity contribution in [1.82, 2.24) is 10.9 Å². The number of benzene rings is 3. The quantitative estimate of drug-likeness (QED) is 0.385. The standard InChI is InChI=1S/C24H21N3O4/c1-14-9-15(2)11-16(10-14)27-21-6-4-3-5-18(21)20(24(27)31)13-25-26-23(30)19-8-7-17(28)12-22(19)29/h3-13,25,28-29H,1-2H3,(H,26,30). The maximum Gasteiger partial charge on any atom is 0.273 e. The molecule has 4 N–H and O–H groups in total. The van der Waals surface area contributed by atoms with Crippen molar-refractivity contribution in [2.75, 3.05) is 4.90 Å². The minimum Gasteiger partial charge on any atom is -0.508 e. The van der Waals surface area contributed by atoms with Crippen LogP contribution in [0.3, 0.4) is 0 Å². The number of nitrogens with zero attached hydrogens (tertiary/aromatic N) is 1. The summed E-state index contributed by atoms with van der Waals surface area (Å²) in [7, 11) is 0. The molecule has 1 heterocycles. The van der Waals surface area contributed by atoms with Gasteiger partial charge in [-0.2, -0.15) is 0 Å². The number of rotatable bonds is 4. The molecule has 4 rings (SSSR count). The third kappa shape index (κ3) is 3.81. The number of fused-ring (bicyclic) bond motifs is 1. The van der Waals surface area contributed by atoms with E-state index in [0.717, 1.165) is 34.1 Å². The highest BCUT2D eigenvalue weighted by Gasteiger charge is 2.33. The Bertz CT molecular complexity index is 1210. The fourth-order valence-corrected chi connectivity index (χ4v) is 3.67. The number of para-hydroxylation sites is 1. The zero-order valence-electron chi connectivity index (χ0n) is 17.0. The molecular formula is C24H21N3O4. The Balaban J connectivity index is 1.61. The van der Waals surface area contributed by atoms with Crippen molar-refractivity contribution < 1.29 is 19.8 Å². The van der Waals surface area contributed by atoms with Gasteiger partial charge in [-0.25, -0.2) is 0 Å². The Morgan fingerprint density at radius 1 is 0.968 bits per heavy atom. The summed E-state index contributed by atoms with van der Waals surface area (Å²) in [6.45, 7) is 3.96. The first kappa shape index (κ1) is 20.0. The van der Waals surface area contributed by atoms with E-state index in [1.54, 1.807) is 4.90 Å². The molecule has 2 amide bonds. The lowest BCUT2D eigenvalue weighted by Gasteiger charge is -2.18. The van der Waals surface area contributed by atoms with Gasteiger partial charge in [-0.15, -0.1) is 0 Å². The summed E-state index contributed by atoms with van der Waals surface area (Å²) < 4.78 is 0. The molecule has 3 aromatic rings. The molecule has 156 valence electrons. The smallest absolute Gasteiger partial charge is 0.273 e. The van der Waals surface area contributed by atoms with Crippen LogP contribution >= 0.6 is 0 Å². The van der Waals surface area contributed by atoms with Gasteiger partial charge in [-0.3, -0.25) is 19.9 Å². The van der Waals surface area contributed by atoms with Crippen molar-refractivity contribution in [3.8, 4) is 11.5 Å². The number of carbonyl (C=O) groups excluding carboxylic acids is 2. The average Bonchev–Trinajstić information content (AvgIpc) is 2.99. The Hall–Kier alpha value is -4.26. The molecule has 7 heteroatoms. The van der Waals surface area contributed by atoms with E-state index in [1.165, 1.54) is 18.3 Å². The summed E-state index contributed by atoms with van der Waals surface area (Å²) in [5.74, 6) is -1.33. The number of aromatic hydroxyl groups is 2. The number of hydrogen-bond acceptors (Lipinski definition) is 5. The third-order valence-electron chi connectivity index (χ3n) is 4.96. The second-order valence-corrected chi connectivity index (χ2v) is 7.36. The number of phenolic OH excluding ortho intramolecular Hbond substituents is 2. The highest BCUT2D eigenvalue weighted by molar-refractivity contribution is 6.35. The first-order chi connectivity index (χ1) is 14.8. The predicted octanol–water partition coefficient (Wildman–Crippen LogP) is 3.67. The Morgan fingerprint density at radius 3 is 2.39 bits per heavy atom. The summed E-state index contributed by atoms with van der Waals surface area (Å²) in [4.78, 5) is 27.2. The largest absolute Gasteiger partial charge is 0.508 e. The number of hydrazine groups is 1. The Kier molecular flexibility index (Phi) is 5.09. The van der Waals surface area contributed by atoms with Crippen LogP contribution in [0.1, 0.15) is 27.0 Å². The van der Waals surface area contributed by atoms with Crippen molar-refractivity contribution in [3.05, 3.63) is 89.1 Å². The van der Waals surface area contributed by atoms with Gasteiger partial charge in [0.15, 0.2) is 0 Å². The Morgan fingerprint density at radius 2 is 1.68 bits per heavy atom. The van der Waals surface area contributed by atoms with Gasteiger partial charge in [-0.05, 0) is 55.3 Å². The van der Waals surface area contributed by atoms with Crippen molar-refractivity contribution in [2.45, 2.75) is 13.8 Å². The number of hydrogen-bond donors (Lipinski definition) is 4. The first-order valence-electron chi connectivity index (χ1n) is 9.65. The lowest BCUT2D eigenvalue weighted by Crippen LogP contribution is -2.34. The fourth-order valence-electron chi connectivity index (χ4n) is 3.67. The van der Waals surface area contributed by atoms with Crippen LogP contribution in [0, 0.1) is 13.8 Å². The molecule has 0 aromatic heterocycles. The van der Waals surface area contributed by atoms with Gasteiger partial charge in [0, 0.05) is 23.5 Å². The molecule has 0 unspecified atom stereocenters. The highest BCUT2D eigenvalue weighted by atomic mass is 16.3. The van der Waals surface area contributed by atoms with Crippen LogP contribution in [-0.4, -0.2) is 22.0 Å². The molecular weight excluding hydrogens is 394 g/mol.